The fourth-order valence-corrected chi connectivity index (χ4v) is 2.77. The summed E-state index contributed by atoms with van der Waals surface area (Å²) in [6.07, 6.45) is 0.963. The van der Waals surface area contributed by atoms with Gasteiger partial charge in [0.1, 0.15) is 11.4 Å². The molecule has 2 aromatic rings. The third-order valence-corrected chi connectivity index (χ3v) is 3.92. The third kappa shape index (κ3) is 3.09. The minimum atomic E-state index is -0.988. The third-order valence-electron chi connectivity index (χ3n) is 3.92. The van der Waals surface area contributed by atoms with Crippen molar-refractivity contribution in [2.45, 2.75) is 19.5 Å². The average molecular weight is 298 g/mol. The molecule has 1 aromatic heterocycles. The monoisotopic (exact) mass is 298 g/mol. The Morgan fingerprint density at radius 2 is 2.18 bits per heavy atom. The fourth-order valence-electron chi connectivity index (χ4n) is 2.77. The Balaban J connectivity index is 1.72. The molecular formula is C17H18N2O3. The van der Waals surface area contributed by atoms with Crippen LogP contribution in [-0.4, -0.2) is 34.6 Å². The number of pyridine rings is 1. The van der Waals surface area contributed by atoms with E-state index in [1.807, 2.05) is 12.1 Å². The van der Waals surface area contributed by atoms with E-state index >= 15 is 0 Å². The van der Waals surface area contributed by atoms with Gasteiger partial charge in [0.05, 0.1) is 12.8 Å². The summed E-state index contributed by atoms with van der Waals surface area (Å²) in [4.78, 5) is 17.5. The van der Waals surface area contributed by atoms with Gasteiger partial charge in [0.15, 0.2) is 0 Å². The van der Waals surface area contributed by atoms with Crippen LogP contribution in [0.15, 0.2) is 36.4 Å². The zero-order valence-electron chi connectivity index (χ0n) is 12.5. The Bertz CT molecular complexity index is 700. The molecule has 5 heteroatoms. The maximum absolute atomic E-state index is 11.0. The minimum absolute atomic E-state index is 0.0969. The van der Waals surface area contributed by atoms with Gasteiger partial charge in [0, 0.05) is 19.6 Å². The number of aromatic carboxylic acids is 1. The summed E-state index contributed by atoms with van der Waals surface area (Å²) >= 11 is 0. The van der Waals surface area contributed by atoms with E-state index < -0.39 is 5.97 Å². The van der Waals surface area contributed by atoms with Crippen LogP contribution < -0.4 is 4.74 Å². The van der Waals surface area contributed by atoms with Crippen LogP contribution in [0.4, 0.5) is 0 Å². The second kappa shape index (κ2) is 6.15. The van der Waals surface area contributed by atoms with Crippen LogP contribution in [0.1, 0.15) is 27.3 Å². The van der Waals surface area contributed by atoms with E-state index in [9.17, 15) is 4.79 Å². The van der Waals surface area contributed by atoms with Crippen LogP contribution in [0.3, 0.4) is 0 Å². The molecule has 0 saturated carbocycles. The number of carboxylic acid groups (broad SMARTS) is 1. The number of methoxy groups -OCH3 is 1. The van der Waals surface area contributed by atoms with Crippen molar-refractivity contribution in [2.24, 2.45) is 0 Å². The molecule has 0 fully saturated rings. The van der Waals surface area contributed by atoms with E-state index in [0.717, 1.165) is 31.0 Å². The van der Waals surface area contributed by atoms with E-state index in [-0.39, 0.29) is 5.69 Å². The first kappa shape index (κ1) is 14.5. The fraction of sp³-hybridized carbons (Fsp3) is 0.294. The van der Waals surface area contributed by atoms with Crippen molar-refractivity contribution >= 4 is 5.97 Å². The zero-order chi connectivity index (χ0) is 15.5. The quantitative estimate of drug-likeness (QED) is 0.938. The molecule has 1 N–H and O–H groups in total. The molecule has 0 bridgehead atoms. The Kier molecular flexibility index (Phi) is 4.06. The van der Waals surface area contributed by atoms with Gasteiger partial charge in [-0.05, 0) is 41.8 Å². The molecule has 0 unspecified atom stereocenters. The molecule has 0 atom stereocenters. The molecule has 114 valence electrons. The number of hydrogen-bond acceptors (Lipinski definition) is 4. The predicted octanol–water partition coefficient (Wildman–Crippen LogP) is 2.35. The van der Waals surface area contributed by atoms with Crippen molar-refractivity contribution in [1.82, 2.24) is 9.88 Å². The van der Waals surface area contributed by atoms with Crippen LogP contribution in [-0.2, 0) is 19.5 Å². The zero-order valence-corrected chi connectivity index (χ0v) is 12.5. The van der Waals surface area contributed by atoms with E-state index in [4.69, 9.17) is 9.84 Å². The number of carbonyl (C=O) groups is 1. The lowest BCUT2D eigenvalue weighted by Gasteiger charge is -2.28. The minimum Gasteiger partial charge on any atom is -0.497 e. The lowest BCUT2D eigenvalue weighted by atomic mass is 9.99. The number of hydrogen-bond donors (Lipinski definition) is 1. The summed E-state index contributed by atoms with van der Waals surface area (Å²) in [6.45, 7) is 2.43. The maximum atomic E-state index is 11.0. The number of nitrogens with zero attached hydrogens (tertiary/aromatic N) is 2. The van der Waals surface area contributed by atoms with Crippen molar-refractivity contribution in [3.05, 3.63) is 58.9 Å². The molecule has 0 saturated heterocycles. The summed E-state index contributed by atoms with van der Waals surface area (Å²) in [5.74, 6) is -0.0963. The van der Waals surface area contributed by atoms with Gasteiger partial charge in [-0.1, -0.05) is 12.1 Å². The molecule has 1 aliphatic rings. The van der Waals surface area contributed by atoms with Gasteiger partial charge in [-0.15, -0.1) is 0 Å². The highest BCUT2D eigenvalue weighted by Gasteiger charge is 2.17. The highest BCUT2D eigenvalue weighted by molar-refractivity contribution is 5.85. The molecule has 0 radical (unpaired) electrons. The first-order valence-electron chi connectivity index (χ1n) is 7.23. The lowest BCUT2D eigenvalue weighted by molar-refractivity contribution is 0.0690. The number of aromatic nitrogens is 1. The lowest BCUT2D eigenvalue weighted by Crippen LogP contribution is -2.30. The van der Waals surface area contributed by atoms with Crippen LogP contribution in [0.25, 0.3) is 0 Å². The number of fused-ring (bicyclic) bond motifs is 1. The number of carboxylic acids is 1. The molecule has 1 aromatic carbocycles. The highest BCUT2D eigenvalue weighted by atomic mass is 16.5. The second-order valence-electron chi connectivity index (χ2n) is 5.41. The molecule has 0 amide bonds. The molecule has 2 heterocycles. The summed E-state index contributed by atoms with van der Waals surface area (Å²) in [5, 5.41) is 9.01. The average Bonchev–Trinajstić information content (AvgIpc) is 2.54. The Hall–Kier alpha value is -2.40. The number of benzene rings is 1. The summed E-state index contributed by atoms with van der Waals surface area (Å²) in [5.41, 5.74) is 3.50. The van der Waals surface area contributed by atoms with Crippen molar-refractivity contribution in [3.63, 3.8) is 0 Å². The first-order chi connectivity index (χ1) is 10.7. The topological polar surface area (TPSA) is 62.7 Å². The maximum Gasteiger partial charge on any atom is 0.354 e. The SMILES string of the molecule is COc1ccc2c(c1)CCN(Cc1cccc(C(=O)O)n1)C2. The molecule has 0 aliphatic carbocycles. The molecule has 1 aliphatic heterocycles. The standard InChI is InChI=1S/C17H18N2O3/c1-22-15-6-5-13-10-19(8-7-12(13)9-15)11-14-3-2-4-16(18-14)17(20)21/h2-6,9H,7-8,10-11H2,1H3,(H,20,21). The van der Waals surface area contributed by atoms with Gasteiger partial charge >= 0.3 is 5.97 Å². The van der Waals surface area contributed by atoms with Crippen molar-refractivity contribution in [1.29, 1.82) is 0 Å². The first-order valence-corrected chi connectivity index (χ1v) is 7.23. The van der Waals surface area contributed by atoms with Gasteiger partial charge in [0.2, 0.25) is 0 Å². The van der Waals surface area contributed by atoms with Crippen molar-refractivity contribution in [2.75, 3.05) is 13.7 Å². The summed E-state index contributed by atoms with van der Waals surface area (Å²) in [7, 11) is 1.68. The summed E-state index contributed by atoms with van der Waals surface area (Å²) < 4.78 is 5.26. The smallest absolute Gasteiger partial charge is 0.354 e. The Morgan fingerprint density at radius 3 is 2.95 bits per heavy atom. The number of ether oxygens (including phenoxy) is 1. The normalized spacial score (nSPS) is 14.4. The van der Waals surface area contributed by atoms with E-state index in [1.54, 1.807) is 13.2 Å². The second-order valence-corrected chi connectivity index (χ2v) is 5.41. The van der Waals surface area contributed by atoms with Gasteiger partial charge in [-0.3, -0.25) is 4.90 Å². The predicted molar refractivity (Wildman–Crippen MR) is 82.0 cm³/mol. The van der Waals surface area contributed by atoms with Gasteiger partial charge < -0.3 is 9.84 Å². The van der Waals surface area contributed by atoms with Crippen LogP contribution in [0.5, 0.6) is 5.75 Å². The van der Waals surface area contributed by atoms with Crippen molar-refractivity contribution in [3.8, 4) is 5.75 Å². The molecule has 5 nitrogen and oxygen atoms in total. The van der Waals surface area contributed by atoms with Crippen LogP contribution in [0, 0.1) is 0 Å². The van der Waals surface area contributed by atoms with E-state index in [1.165, 1.54) is 17.2 Å². The highest BCUT2D eigenvalue weighted by Crippen LogP contribution is 2.24. The largest absolute Gasteiger partial charge is 0.497 e. The van der Waals surface area contributed by atoms with E-state index in [2.05, 4.69) is 22.0 Å². The molecule has 0 spiro atoms. The Labute approximate surface area is 129 Å². The van der Waals surface area contributed by atoms with Crippen molar-refractivity contribution < 1.29 is 14.6 Å². The Morgan fingerprint density at radius 1 is 1.32 bits per heavy atom. The van der Waals surface area contributed by atoms with Crippen LogP contribution in [0.2, 0.25) is 0 Å². The molecule has 3 rings (SSSR count). The van der Waals surface area contributed by atoms with Gasteiger partial charge in [-0.2, -0.15) is 0 Å². The van der Waals surface area contributed by atoms with Gasteiger partial charge in [0.25, 0.3) is 0 Å². The molecule has 22 heavy (non-hydrogen) atoms. The van der Waals surface area contributed by atoms with Crippen LogP contribution >= 0.6 is 0 Å². The number of rotatable bonds is 4. The van der Waals surface area contributed by atoms with Gasteiger partial charge in [-0.25, -0.2) is 9.78 Å². The molecular weight excluding hydrogens is 280 g/mol. The van der Waals surface area contributed by atoms with E-state index in [0.29, 0.717) is 6.54 Å². The summed E-state index contributed by atoms with van der Waals surface area (Å²) in [6, 6.07) is 11.3.